The first kappa shape index (κ1) is 23.5. The normalized spacial score (nSPS) is 10.1. The lowest BCUT2D eigenvalue weighted by molar-refractivity contribution is -0.109. The number of carbonyl (C=O) groups excluding carboxylic acids is 2. The molecule has 34 heavy (non-hydrogen) atoms. The molecule has 0 aromatic heterocycles. The Hall–Kier alpha value is -3.70. The number of benzene rings is 2. The molecule has 0 atom stereocenters. The highest BCUT2D eigenvalue weighted by atomic mass is 32.2. The third kappa shape index (κ3) is 6.21. The van der Waals surface area contributed by atoms with Gasteiger partial charge in [0.25, 0.3) is 0 Å². The van der Waals surface area contributed by atoms with Crippen molar-refractivity contribution >= 4 is 33.8 Å². The molecule has 0 fully saturated rings. The molecule has 2 nitrogen and oxygen atoms in total. The summed E-state index contributed by atoms with van der Waals surface area (Å²) in [5.41, 5.74) is 5.73. The van der Waals surface area contributed by atoms with Gasteiger partial charge in [-0.2, -0.15) is 0 Å². The van der Waals surface area contributed by atoms with Crippen LogP contribution >= 0.6 is 23.5 Å². The molecule has 164 valence electrons. The SMILES string of the molecule is CC(=O)Sc1ccc(C#Cc2cc(C#Cc3ccc(SC(C)=O)cc3)c3cccccc2-3)cc1. The van der Waals surface area contributed by atoms with Gasteiger partial charge in [-0.15, -0.1) is 0 Å². The Bertz CT molecular complexity index is 1330. The fourth-order valence-corrected chi connectivity index (χ4v) is 4.56. The summed E-state index contributed by atoms with van der Waals surface area (Å²) in [6, 6.07) is 27.5. The van der Waals surface area contributed by atoms with Crippen molar-refractivity contribution in [3.63, 3.8) is 0 Å². The third-order valence-corrected chi connectivity index (χ3v) is 6.41. The van der Waals surface area contributed by atoms with Crippen LogP contribution in [0.4, 0.5) is 0 Å². The van der Waals surface area contributed by atoms with E-state index in [9.17, 15) is 9.59 Å². The molecule has 0 saturated heterocycles. The van der Waals surface area contributed by atoms with Crippen LogP contribution in [0.5, 0.6) is 0 Å². The van der Waals surface area contributed by atoms with E-state index in [4.69, 9.17) is 0 Å². The van der Waals surface area contributed by atoms with E-state index in [1.807, 2.05) is 72.8 Å². The number of thioether (sulfide) groups is 2. The molecular formula is C30H20O2S2. The molecule has 0 radical (unpaired) electrons. The first-order chi connectivity index (χ1) is 16.5. The van der Waals surface area contributed by atoms with Gasteiger partial charge < -0.3 is 0 Å². The van der Waals surface area contributed by atoms with Crippen LogP contribution < -0.4 is 0 Å². The Morgan fingerprint density at radius 1 is 0.559 bits per heavy atom. The van der Waals surface area contributed by atoms with Crippen LogP contribution in [0.15, 0.2) is 94.7 Å². The van der Waals surface area contributed by atoms with Crippen molar-refractivity contribution in [2.45, 2.75) is 23.6 Å². The summed E-state index contributed by atoms with van der Waals surface area (Å²) >= 11 is 2.43. The van der Waals surface area contributed by atoms with E-state index >= 15 is 0 Å². The Morgan fingerprint density at radius 3 is 1.35 bits per heavy atom. The number of carbonyl (C=O) groups is 2. The summed E-state index contributed by atoms with van der Waals surface area (Å²) in [4.78, 5) is 24.4. The van der Waals surface area contributed by atoms with Crippen molar-refractivity contribution in [1.82, 2.24) is 0 Å². The Kier molecular flexibility index (Phi) is 7.55. The van der Waals surface area contributed by atoms with Gasteiger partial charge in [-0.25, -0.2) is 0 Å². The summed E-state index contributed by atoms with van der Waals surface area (Å²) in [5.74, 6) is 13.1. The van der Waals surface area contributed by atoms with E-state index < -0.39 is 0 Å². The van der Waals surface area contributed by atoms with Crippen molar-refractivity contribution in [2.75, 3.05) is 0 Å². The minimum absolute atomic E-state index is 0.0643. The molecule has 2 aliphatic carbocycles. The van der Waals surface area contributed by atoms with E-state index in [1.54, 1.807) is 13.8 Å². The maximum absolute atomic E-state index is 11.3. The molecule has 0 aliphatic heterocycles. The molecule has 2 aromatic rings. The quantitative estimate of drug-likeness (QED) is 0.234. The average molecular weight is 477 g/mol. The fourth-order valence-electron chi connectivity index (χ4n) is 3.35. The average Bonchev–Trinajstić information content (AvgIpc) is 2.96. The second-order valence-corrected chi connectivity index (χ2v) is 9.95. The van der Waals surface area contributed by atoms with E-state index in [-0.39, 0.29) is 10.2 Å². The molecule has 2 aromatic carbocycles. The molecule has 0 amide bonds. The predicted octanol–water partition coefficient (Wildman–Crippen LogP) is 6.87. The van der Waals surface area contributed by atoms with E-state index in [1.165, 1.54) is 23.5 Å². The Morgan fingerprint density at radius 2 is 0.971 bits per heavy atom. The Labute approximate surface area is 208 Å². The maximum Gasteiger partial charge on any atom is 0.190 e. The number of rotatable bonds is 2. The largest absolute Gasteiger partial charge is 0.287 e. The van der Waals surface area contributed by atoms with Gasteiger partial charge in [0.15, 0.2) is 10.2 Å². The zero-order valence-corrected chi connectivity index (χ0v) is 20.3. The molecule has 0 bridgehead atoms. The summed E-state index contributed by atoms with van der Waals surface area (Å²) in [5, 5.41) is 0.129. The van der Waals surface area contributed by atoms with Crippen LogP contribution in [0.2, 0.25) is 0 Å². The highest BCUT2D eigenvalue weighted by Gasteiger charge is 2.12. The van der Waals surface area contributed by atoms with Crippen molar-refractivity contribution in [3.05, 3.63) is 107 Å². The van der Waals surface area contributed by atoms with E-state index in [2.05, 4.69) is 35.8 Å². The lowest BCUT2D eigenvalue weighted by Gasteiger charge is -1.97. The Balaban J connectivity index is 1.63. The predicted molar refractivity (Wildman–Crippen MR) is 141 cm³/mol. The zero-order valence-electron chi connectivity index (χ0n) is 18.7. The van der Waals surface area contributed by atoms with E-state index in [0.29, 0.717) is 0 Å². The van der Waals surface area contributed by atoms with Gasteiger partial charge in [0.05, 0.1) is 0 Å². The number of hydrogen-bond donors (Lipinski definition) is 0. The minimum atomic E-state index is 0.0643. The zero-order chi connectivity index (χ0) is 23.9. The standard InChI is InChI=1S/C30H20O2S2/c1-21(31)33-27-16-10-23(11-17-27)8-14-25-20-26(30-7-5-3-4-6-29(25)30)15-9-24-12-18-28(19-13-24)34-22(2)32/h3-7,10-13,16-20H,1-2H3. The molecule has 0 spiro atoms. The highest BCUT2D eigenvalue weighted by Crippen LogP contribution is 2.31. The van der Waals surface area contributed by atoms with Crippen LogP contribution in [0.25, 0.3) is 11.1 Å². The summed E-state index contributed by atoms with van der Waals surface area (Å²) < 4.78 is 0. The lowest BCUT2D eigenvalue weighted by Crippen LogP contribution is -1.81. The van der Waals surface area contributed by atoms with Gasteiger partial charge in [0.1, 0.15) is 0 Å². The molecule has 0 N–H and O–H groups in total. The van der Waals surface area contributed by atoms with E-state index in [0.717, 1.165) is 43.2 Å². The minimum Gasteiger partial charge on any atom is -0.287 e. The molecule has 0 unspecified atom stereocenters. The smallest absolute Gasteiger partial charge is 0.190 e. The van der Waals surface area contributed by atoms with Crippen LogP contribution in [0.3, 0.4) is 0 Å². The summed E-state index contributed by atoms with van der Waals surface area (Å²) in [7, 11) is 0. The van der Waals surface area contributed by atoms with Crippen LogP contribution in [0, 0.1) is 23.7 Å². The first-order valence-corrected chi connectivity index (χ1v) is 12.2. The lowest BCUT2D eigenvalue weighted by atomic mass is 10.1. The van der Waals surface area contributed by atoms with Gasteiger partial charge in [-0.1, -0.05) is 77.5 Å². The molecule has 0 saturated carbocycles. The highest BCUT2D eigenvalue weighted by molar-refractivity contribution is 8.13. The van der Waals surface area contributed by atoms with Crippen molar-refractivity contribution in [3.8, 4) is 34.8 Å². The van der Waals surface area contributed by atoms with Gasteiger partial charge >= 0.3 is 0 Å². The number of fused-ring (bicyclic) bond motifs is 1. The summed E-state index contributed by atoms with van der Waals surface area (Å²) in [6.07, 6.45) is 0. The molecular weight excluding hydrogens is 456 g/mol. The monoisotopic (exact) mass is 476 g/mol. The van der Waals surface area contributed by atoms with Gasteiger partial charge in [-0.3, -0.25) is 9.59 Å². The molecule has 2 aliphatic rings. The van der Waals surface area contributed by atoms with Gasteiger partial charge in [0, 0.05) is 45.9 Å². The maximum atomic E-state index is 11.3. The summed E-state index contributed by atoms with van der Waals surface area (Å²) in [6.45, 7) is 3.12. The number of hydrogen-bond acceptors (Lipinski definition) is 4. The fraction of sp³-hybridized carbons (Fsp3) is 0.0667. The molecule has 0 heterocycles. The second kappa shape index (κ2) is 10.9. The van der Waals surface area contributed by atoms with Crippen LogP contribution in [-0.4, -0.2) is 10.2 Å². The van der Waals surface area contributed by atoms with Crippen molar-refractivity contribution in [2.24, 2.45) is 0 Å². The second-order valence-electron chi connectivity index (χ2n) is 7.45. The van der Waals surface area contributed by atoms with Gasteiger partial charge in [-0.05, 0) is 65.7 Å². The van der Waals surface area contributed by atoms with Crippen molar-refractivity contribution in [1.29, 1.82) is 0 Å². The topological polar surface area (TPSA) is 34.1 Å². The van der Waals surface area contributed by atoms with Crippen molar-refractivity contribution < 1.29 is 9.59 Å². The van der Waals surface area contributed by atoms with Crippen LogP contribution in [0.1, 0.15) is 36.1 Å². The van der Waals surface area contributed by atoms with Crippen LogP contribution in [-0.2, 0) is 9.59 Å². The first-order valence-electron chi connectivity index (χ1n) is 10.6. The van der Waals surface area contributed by atoms with Gasteiger partial charge in [0.2, 0.25) is 0 Å². The third-order valence-electron chi connectivity index (χ3n) is 4.82. The molecule has 4 rings (SSSR count). The molecule has 4 heteroatoms.